The smallest absolute Gasteiger partial charge is 0.139 e. The van der Waals surface area contributed by atoms with Gasteiger partial charge in [0.05, 0.1) is 5.41 Å². The SMILES string of the molecule is Cc1ccccc1Oc1ccccc1-c1cccc2c(-c3cccc4c3-c3ccccc3C43c4ccccc4-c4ccccc43)c3cccc(C4=c5oc6ccccc6c5=CC=CC4)c3cc12. The Labute approximate surface area is 388 Å². The molecule has 1 spiro atoms. The molecule has 2 heteroatoms. The summed E-state index contributed by atoms with van der Waals surface area (Å²) >= 11 is 0. The third-order valence-electron chi connectivity index (χ3n) is 14.8. The maximum Gasteiger partial charge on any atom is 0.139 e. The van der Waals surface area contributed by atoms with Crippen LogP contribution in [0.1, 0.15) is 39.8 Å². The summed E-state index contributed by atoms with van der Waals surface area (Å²) in [6, 6.07) is 75.7. The fourth-order valence-electron chi connectivity index (χ4n) is 12.0. The number of benzene rings is 10. The molecule has 1 aromatic heterocycles. The van der Waals surface area contributed by atoms with E-state index in [9.17, 15) is 0 Å². The summed E-state index contributed by atoms with van der Waals surface area (Å²) in [6.07, 6.45) is 7.40. The van der Waals surface area contributed by atoms with Crippen molar-refractivity contribution in [2.24, 2.45) is 0 Å². The molecule has 1 heterocycles. The first-order valence-electron chi connectivity index (χ1n) is 23.3. The Morgan fingerprint density at radius 2 is 0.955 bits per heavy atom. The molecule has 3 aliphatic carbocycles. The van der Waals surface area contributed by atoms with Crippen LogP contribution in [0, 0.1) is 6.92 Å². The van der Waals surface area contributed by atoms with E-state index in [4.69, 9.17) is 9.15 Å². The topological polar surface area (TPSA) is 22.4 Å². The minimum atomic E-state index is -0.464. The van der Waals surface area contributed by atoms with Crippen LogP contribution in [-0.2, 0) is 5.41 Å². The first kappa shape index (κ1) is 37.9. The standard InChI is InChI=1S/C65H42O2/c1-40-19-2-13-36-59(40)66-60-37-14-8-22-45(60)41-27-16-29-47-53(41)39-54-42(49-24-3-4-25-50-46-23-9-15-38-61(46)67-64(49)50)28-17-30-48(54)62(47)52-31-18-35-58-63(52)51-26-7-12-34-57(51)65(58)55-32-10-5-20-43(55)44-21-6-11-33-56(44)65/h2-23,25-39H,24H2,1H3. The Balaban J connectivity index is 1.12. The molecule has 0 fully saturated rings. The van der Waals surface area contributed by atoms with Gasteiger partial charge in [0.1, 0.15) is 22.5 Å². The summed E-state index contributed by atoms with van der Waals surface area (Å²) < 4.78 is 13.7. The predicted octanol–water partition coefficient (Wildman–Crippen LogP) is 15.5. The average Bonchev–Trinajstić information content (AvgIpc) is 3.94. The monoisotopic (exact) mass is 854 g/mol. The highest BCUT2D eigenvalue weighted by Crippen LogP contribution is 2.64. The molecule has 0 bridgehead atoms. The average molecular weight is 855 g/mol. The number of aryl methyl sites for hydroxylation is 1. The predicted molar refractivity (Wildman–Crippen MR) is 276 cm³/mol. The molecule has 0 unspecified atom stereocenters. The van der Waals surface area contributed by atoms with Gasteiger partial charge in [-0.25, -0.2) is 0 Å². The van der Waals surface area contributed by atoms with Gasteiger partial charge in [0.2, 0.25) is 0 Å². The molecule has 0 atom stereocenters. The second kappa shape index (κ2) is 14.5. The number of allylic oxidation sites excluding steroid dienone is 2. The molecule has 0 radical (unpaired) electrons. The van der Waals surface area contributed by atoms with Gasteiger partial charge in [-0.05, 0) is 131 Å². The Morgan fingerprint density at radius 1 is 0.418 bits per heavy atom. The molecule has 314 valence electrons. The Hall–Kier alpha value is -8.46. The van der Waals surface area contributed by atoms with E-state index >= 15 is 0 Å². The van der Waals surface area contributed by atoms with E-state index in [0.29, 0.717) is 0 Å². The number of ether oxygens (including phenoxy) is 1. The number of hydrogen-bond acceptors (Lipinski definition) is 2. The lowest BCUT2D eigenvalue weighted by Crippen LogP contribution is -2.25. The van der Waals surface area contributed by atoms with Crippen molar-refractivity contribution in [3.63, 3.8) is 0 Å². The maximum absolute atomic E-state index is 6.85. The molecular formula is C65H42O2. The van der Waals surface area contributed by atoms with Crippen LogP contribution >= 0.6 is 0 Å². The molecule has 14 rings (SSSR count). The van der Waals surface area contributed by atoms with Crippen molar-refractivity contribution in [1.29, 1.82) is 0 Å². The summed E-state index contributed by atoms with van der Waals surface area (Å²) in [7, 11) is 0. The highest BCUT2D eigenvalue weighted by atomic mass is 16.5. The first-order chi connectivity index (χ1) is 33.2. The van der Waals surface area contributed by atoms with Gasteiger partial charge in [-0.2, -0.15) is 0 Å². The van der Waals surface area contributed by atoms with Gasteiger partial charge in [0.25, 0.3) is 0 Å². The van der Waals surface area contributed by atoms with E-state index in [1.54, 1.807) is 0 Å². The summed E-state index contributed by atoms with van der Waals surface area (Å²) in [4.78, 5) is 0. The number of furan rings is 1. The minimum Gasteiger partial charge on any atom is -0.456 e. The van der Waals surface area contributed by atoms with Gasteiger partial charge >= 0.3 is 0 Å². The first-order valence-corrected chi connectivity index (χ1v) is 23.3. The van der Waals surface area contributed by atoms with Crippen LogP contribution < -0.4 is 15.4 Å². The third-order valence-corrected chi connectivity index (χ3v) is 14.8. The Morgan fingerprint density at radius 3 is 1.72 bits per heavy atom. The molecule has 0 aliphatic heterocycles. The van der Waals surface area contributed by atoms with Crippen molar-refractivity contribution in [2.45, 2.75) is 18.8 Å². The zero-order valence-electron chi connectivity index (χ0n) is 36.9. The molecule has 2 nitrogen and oxygen atoms in total. The van der Waals surface area contributed by atoms with Crippen LogP contribution in [0.4, 0.5) is 0 Å². The molecular weight excluding hydrogens is 813 g/mol. The van der Waals surface area contributed by atoms with E-state index < -0.39 is 5.41 Å². The zero-order chi connectivity index (χ0) is 44.2. The number of hydrogen-bond donors (Lipinski definition) is 0. The van der Waals surface area contributed by atoms with Gasteiger partial charge in [-0.15, -0.1) is 0 Å². The van der Waals surface area contributed by atoms with E-state index in [1.807, 2.05) is 6.07 Å². The normalized spacial score (nSPS) is 13.8. The van der Waals surface area contributed by atoms with Crippen molar-refractivity contribution in [3.05, 3.63) is 262 Å². The summed E-state index contributed by atoms with van der Waals surface area (Å²) in [5.74, 6) is 1.67. The largest absolute Gasteiger partial charge is 0.456 e. The molecule has 3 aliphatic rings. The van der Waals surface area contributed by atoms with Crippen LogP contribution in [0.5, 0.6) is 11.5 Å². The van der Waals surface area contributed by atoms with Crippen molar-refractivity contribution in [3.8, 4) is 56.0 Å². The maximum atomic E-state index is 6.85. The number of rotatable bonds is 5. The summed E-state index contributed by atoms with van der Waals surface area (Å²) in [6.45, 7) is 2.10. The molecule has 11 aromatic rings. The second-order valence-corrected chi connectivity index (χ2v) is 18.2. The molecule has 0 amide bonds. The quantitative estimate of drug-likeness (QED) is 0.161. The van der Waals surface area contributed by atoms with Crippen molar-refractivity contribution >= 4 is 44.2 Å². The minimum absolute atomic E-state index is 0.464. The third kappa shape index (κ3) is 5.33. The fourth-order valence-corrected chi connectivity index (χ4v) is 12.0. The van der Waals surface area contributed by atoms with Crippen molar-refractivity contribution < 1.29 is 9.15 Å². The molecule has 0 saturated heterocycles. The lowest BCUT2D eigenvalue weighted by atomic mass is 9.70. The summed E-state index contributed by atoms with van der Waals surface area (Å²) in [5, 5.41) is 6.99. The zero-order valence-corrected chi connectivity index (χ0v) is 36.9. The Kier molecular flexibility index (Phi) is 8.21. The number of fused-ring (bicyclic) bond motifs is 15. The van der Waals surface area contributed by atoms with Crippen LogP contribution in [0.3, 0.4) is 0 Å². The molecule has 10 aromatic carbocycles. The lowest BCUT2D eigenvalue weighted by Gasteiger charge is -2.30. The van der Waals surface area contributed by atoms with E-state index in [-0.39, 0.29) is 0 Å². The highest BCUT2D eigenvalue weighted by molar-refractivity contribution is 6.20. The van der Waals surface area contributed by atoms with E-state index in [2.05, 4.69) is 225 Å². The van der Waals surface area contributed by atoms with Gasteiger partial charge in [0, 0.05) is 21.7 Å². The van der Waals surface area contributed by atoms with Crippen LogP contribution in [0.25, 0.3) is 88.7 Å². The van der Waals surface area contributed by atoms with Gasteiger partial charge in [0.15, 0.2) is 0 Å². The Bertz CT molecular complexity index is 4020. The van der Waals surface area contributed by atoms with Crippen molar-refractivity contribution in [2.75, 3.05) is 0 Å². The molecule has 0 N–H and O–H groups in total. The lowest BCUT2D eigenvalue weighted by molar-refractivity contribution is 0.481. The van der Waals surface area contributed by atoms with Crippen LogP contribution in [-0.4, -0.2) is 0 Å². The number of para-hydroxylation sites is 3. The van der Waals surface area contributed by atoms with E-state index in [1.165, 1.54) is 82.9 Å². The molecule has 67 heavy (non-hydrogen) atoms. The second-order valence-electron chi connectivity index (χ2n) is 18.2. The van der Waals surface area contributed by atoms with Gasteiger partial charge in [-0.3, -0.25) is 0 Å². The van der Waals surface area contributed by atoms with Gasteiger partial charge < -0.3 is 9.15 Å². The van der Waals surface area contributed by atoms with Crippen molar-refractivity contribution in [1.82, 2.24) is 0 Å². The van der Waals surface area contributed by atoms with Gasteiger partial charge in [-0.1, -0.05) is 200 Å². The van der Waals surface area contributed by atoms with E-state index in [0.717, 1.165) is 61.6 Å². The van der Waals surface area contributed by atoms with Crippen LogP contribution in [0.2, 0.25) is 0 Å². The highest BCUT2D eigenvalue weighted by Gasteiger charge is 2.52. The van der Waals surface area contributed by atoms with Crippen LogP contribution in [0.15, 0.2) is 223 Å². The summed E-state index contributed by atoms with van der Waals surface area (Å²) in [5.41, 5.74) is 19.9. The molecule has 0 saturated carbocycles. The fraction of sp³-hybridized carbons (Fsp3) is 0.0462.